The Hall–Kier alpha value is -2.33. The molecule has 118 valence electrons. The molecule has 2 N–H and O–H groups in total. The highest BCUT2D eigenvalue weighted by molar-refractivity contribution is 6.30. The van der Waals surface area contributed by atoms with E-state index in [0.717, 1.165) is 17.8 Å². The average molecular weight is 329 g/mol. The summed E-state index contributed by atoms with van der Waals surface area (Å²) in [6.07, 6.45) is 3.81. The second-order valence-corrected chi connectivity index (χ2v) is 6.15. The monoisotopic (exact) mass is 328 g/mol. The Kier molecular flexibility index (Phi) is 4.09. The summed E-state index contributed by atoms with van der Waals surface area (Å²) in [5.74, 6) is -0.804. The van der Waals surface area contributed by atoms with Gasteiger partial charge in [-0.1, -0.05) is 30.7 Å². The maximum absolute atomic E-state index is 11.6. The number of nitrogens with zero attached hydrogens (tertiary/aromatic N) is 1. The number of pyridine rings is 1. The maximum atomic E-state index is 11.6. The SMILES string of the molecule is C=Cc1nc(C2(C(=O)O)CCC2)ccc1Nc1cccc(Cl)c1. The zero-order valence-corrected chi connectivity index (χ0v) is 13.3. The number of hydrogen-bond donors (Lipinski definition) is 2. The Morgan fingerprint density at radius 2 is 2.13 bits per heavy atom. The highest BCUT2D eigenvalue weighted by Crippen LogP contribution is 2.43. The van der Waals surface area contributed by atoms with E-state index in [9.17, 15) is 9.90 Å². The molecular formula is C18H17ClN2O2. The second kappa shape index (κ2) is 6.05. The predicted octanol–water partition coefficient (Wildman–Crippen LogP) is 4.63. The van der Waals surface area contributed by atoms with Gasteiger partial charge in [-0.3, -0.25) is 9.78 Å². The van der Waals surface area contributed by atoms with Gasteiger partial charge in [-0.05, 0) is 49.2 Å². The number of anilines is 2. The molecule has 1 aromatic heterocycles. The minimum absolute atomic E-state index is 0.600. The van der Waals surface area contributed by atoms with Crippen LogP contribution in [0.3, 0.4) is 0 Å². The second-order valence-electron chi connectivity index (χ2n) is 5.71. The van der Waals surface area contributed by atoms with Crippen LogP contribution in [0.1, 0.15) is 30.7 Å². The van der Waals surface area contributed by atoms with Gasteiger partial charge in [0.1, 0.15) is 5.41 Å². The van der Waals surface area contributed by atoms with Gasteiger partial charge < -0.3 is 10.4 Å². The molecule has 3 rings (SSSR count). The van der Waals surface area contributed by atoms with Crippen LogP contribution in [0.25, 0.3) is 6.08 Å². The normalized spacial score (nSPS) is 15.5. The molecule has 0 aliphatic heterocycles. The number of aromatic nitrogens is 1. The van der Waals surface area contributed by atoms with Crippen LogP contribution in [-0.4, -0.2) is 16.1 Å². The minimum Gasteiger partial charge on any atom is -0.481 e. The van der Waals surface area contributed by atoms with Crippen LogP contribution in [0.5, 0.6) is 0 Å². The number of carbonyl (C=O) groups is 1. The van der Waals surface area contributed by atoms with Crippen LogP contribution in [0.4, 0.5) is 11.4 Å². The van der Waals surface area contributed by atoms with Crippen molar-refractivity contribution in [3.05, 3.63) is 59.4 Å². The predicted molar refractivity (Wildman–Crippen MR) is 92.2 cm³/mol. The van der Waals surface area contributed by atoms with Crippen molar-refractivity contribution in [2.45, 2.75) is 24.7 Å². The van der Waals surface area contributed by atoms with Gasteiger partial charge in [0.15, 0.2) is 0 Å². The Morgan fingerprint density at radius 1 is 1.35 bits per heavy atom. The molecule has 1 heterocycles. The fourth-order valence-electron chi connectivity index (χ4n) is 2.83. The number of carboxylic acid groups (broad SMARTS) is 1. The molecule has 2 aromatic rings. The first-order valence-corrected chi connectivity index (χ1v) is 7.83. The summed E-state index contributed by atoms with van der Waals surface area (Å²) in [5.41, 5.74) is 2.00. The lowest BCUT2D eigenvalue weighted by Gasteiger charge is -2.37. The summed E-state index contributed by atoms with van der Waals surface area (Å²) < 4.78 is 0. The van der Waals surface area contributed by atoms with Crippen LogP contribution in [-0.2, 0) is 10.2 Å². The van der Waals surface area contributed by atoms with Gasteiger partial charge in [0.2, 0.25) is 0 Å². The molecular weight excluding hydrogens is 312 g/mol. The van der Waals surface area contributed by atoms with Crippen LogP contribution < -0.4 is 5.32 Å². The molecule has 5 heteroatoms. The molecule has 1 aromatic carbocycles. The first-order chi connectivity index (χ1) is 11.0. The van der Waals surface area contributed by atoms with Gasteiger partial charge in [-0.2, -0.15) is 0 Å². The van der Waals surface area contributed by atoms with Gasteiger partial charge in [0.25, 0.3) is 0 Å². The third kappa shape index (κ3) is 2.82. The fourth-order valence-corrected chi connectivity index (χ4v) is 3.02. The van der Waals surface area contributed by atoms with E-state index in [4.69, 9.17) is 11.6 Å². The van der Waals surface area contributed by atoms with Crippen molar-refractivity contribution in [2.24, 2.45) is 0 Å². The largest absolute Gasteiger partial charge is 0.481 e. The van der Waals surface area contributed by atoms with Crippen molar-refractivity contribution in [1.29, 1.82) is 0 Å². The average Bonchev–Trinajstić information content (AvgIpc) is 2.47. The van der Waals surface area contributed by atoms with Gasteiger partial charge >= 0.3 is 5.97 Å². The summed E-state index contributed by atoms with van der Waals surface area (Å²) in [5, 5.41) is 13.4. The summed E-state index contributed by atoms with van der Waals surface area (Å²) in [6, 6.07) is 11.0. The molecule has 0 radical (unpaired) electrons. The van der Waals surface area contributed by atoms with Crippen LogP contribution in [0, 0.1) is 0 Å². The van der Waals surface area contributed by atoms with Crippen molar-refractivity contribution < 1.29 is 9.90 Å². The smallest absolute Gasteiger partial charge is 0.315 e. The van der Waals surface area contributed by atoms with Gasteiger partial charge in [-0.15, -0.1) is 0 Å². The van der Waals surface area contributed by atoms with Gasteiger partial charge in [-0.25, -0.2) is 0 Å². The third-order valence-corrected chi connectivity index (χ3v) is 4.56. The lowest BCUT2D eigenvalue weighted by Crippen LogP contribution is -2.43. The van der Waals surface area contributed by atoms with Gasteiger partial charge in [0, 0.05) is 10.7 Å². The van der Waals surface area contributed by atoms with Crippen molar-refractivity contribution in [1.82, 2.24) is 4.98 Å². The number of carboxylic acids is 1. The Morgan fingerprint density at radius 3 is 2.70 bits per heavy atom. The zero-order chi connectivity index (χ0) is 16.4. The fraction of sp³-hybridized carbons (Fsp3) is 0.222. The summed E-state index contributed by atoms with van der Waals surface area (Å²) in [7, 11) is 0. The number of aliphatic carboxylic acids is 1. The number of hydrogen-bond acceptors (Lipinski definition) is 3. The van der Waals surface area contributed by atoms with Gasteiger partial charge in [0.05, 0.1) is 17.1 Å². The third-order valence-electron chi connectivity index (χ3n) is 4.33. The Balaban J connectivity index is 1.94. The van der Waals surface area contributed by atoms with E-state index in [-0.39, 0.29) is 0 Å². The molecule has 1 aliphatic rings. The standard InChI is InChI=1S/C18H17ClN2O2/c1-2-14-15(20-13-6-3-5-12(19)11-13)7-8-16(21-14)18(17(22)23)9-4-10-18/h2-3,5-8,11,20H,1,4,9-10H2,(H,22,23). The molecule has 4 nitrogen and oxygen atoms in total. The van der Waals surface area contributed by atoms with Crippen LogP contribution in [0.2, 0.25) is 5.02 Å². The quantitative estimate of drug-likeness (QED) is 0.840. The first kappa shape index (κ1) is 15.6. The lowest BCUT2D eigenvalue weighted by molar-refractivity contribution is -0.147. The molecule has 23 heavy (non-hydrogen) atoms. The highest BCUT2D eigenvalue weighted by atomic mass is 35.5. The number of halogens is 1. The maximum Gasteiger partial charge on any atom is 0.315 e. The number of benzene rings is 1. The molecule has 0 bridgehead atoms. The molecule has 0 atom stereocenters. The summed E-state index contributed by atoms with van der Waals surface area (Å²) in [6.45, 7) is 3.79. The van der Waals surface area contributed by atoms with E-state index < -0.39 is 11.4 Å². The first-order valence-electron chi connectivity index (χ1n) is 7.45. The highest BCUT2D eigenvalue weighted by Gasteiger charge is 2.47. The molecule has 0 spiro atoms. The van der Waals surface area contributed by atoms with Crippen molar-refractivity contribution in [3.8, 4) is 0 Å². The molecule has 1 aliphatic carbocycles. The number of rotatable bonds is 5. The van der Waals surface area contributed by atoms with Crippen molar-refractivity contribution >= 4 is 35.0 Å². The van der Waals surface area contributed by atoms with Crippen LogP contribution >= 0.6 is 11.6 Å². The summed E-state index contributed by atoms with van der Waals surface area (Å²) in [4.78, 5) is 16.2. The molecule has 0 saturated heterocycles. The number of nitrogens with one attached hydrogen (secondary N) is 1. The molecule has 1 saturated carbocycles. The summed E-state index contributed by atoms with van der Waals surface area (Å²) >= 11 is 5.99. The topological polar surface area (TPSA) is 62.2 Å². The molecule has 0 amide bonds. The molecule has 1 fully saturated rings. The Bertz CT molecular complexity index is 769. The zero-order valence-electron chi connectivity index (χ0n) is 12.6. The van der Waals surface area contributed by atoms with E-state index in [1.54, 1.807) is 18.2 Å². The minimum atomic E-state index is -0.841. The van der Waals surface area contributed by atoms with E-state index in [0.29, 0.717) is 29.3 Å². The Labute approximate surface area is 139 Å². The molecule has 0 unspecified atom stereocenters. The van der Waals surface area contributed by atoms with Crippen molar-refractivity contribution in [2.75, 3.05) is 5.32 Å². The van der Waals surface area contributed by atoms with E-state index in [2.05, 4.69) is 16.9 Å². The van der Waals surface area contributed by atoms with E-state index >= 15 is 0 Å². The van der Waals surface area contributed by atoms with Crippen molar-refractivity contribution in [3.63, 3.8) is 0 Å². The van der Waals surface area contributed by atoms with E-state index in [1.165, 1.54) is 0 Å². The van der Waals surface area contributed by atoms with E-state index in [1.807, 2.05) is 24.3 Å². The lowest BCUT2D eigenvalue weighted by atomic mass is 9.66. The van der Waals surface area contributed by atoms with Crippen LogP contribution in [0.15, 0.2) is 43.0 Å².